The number of hydrogen-bond acceptors (Lipinski definition) is 4. The summed E-state index contributed by atoms with van der Waals surface area (Å²) in [6.07, 6.45) is 3.26. The van der Waals surface area contributed by atoms with Gasteiger partial charge in [0.25, 0.3) is 5.91 Å². The molecule has 0 spiro atoms. The first-order chi connectivity index (χ1) is 10.7. The predicted molar refractivity (Wildman–Crippen MR) is 83.0 cm³/mol. The molecule has 5 nitrogen and oxygen atoms in total. The normalized spacial score (nSPS) is 10.3. The van der Waals surface area contributed by atoms with Gasteiger partial charge in [0.15, 0.2) is 0 Å². The van der Waals surface area contributed by atoms with E-state index in [9.17, 15) is 9.18 Å². The summed E-state index contributed by atoms with van der Waals surface area (Å²) in [5.41, 5.74) is 0.831. The maximum absolute atomic E-state index is 13.5. The number of carbonyl (C=O) groups excluding carboxylic acids is 1. The molecule has 0 aliphatic rings. The van der Waals surface area contributed by atoms with Crippen molar-refractivity contribution >= 4 is 11.7 Å². The molecule has 0 aliphatic carbocycles. The summed E-state index contributed by atoms with van der Waals surface area (Å²) in [7, 11) is 0. The summed E-state index contributed by atoms with van der Waals surface area (Å²) in [6.45, 7) is 2.97. The highest BCUT2D eigenvalue weighted by molar-refractivity contribution is 5.92. The van der Waals surface area contributed by atoms with Crippen molar-refractivity contribution in [2.75, 3.05) is 11.9 Å². The first kappa shape index (κ1) is 15.9. The Labute approximate surface area is 129 Å². The average Bonchev–Trinajstić information content (AvgIpc) is 2.54. The van der Waals surface area contributed by atoms with Crippen molar-refractivity contribution in [2.24, 2.45) is 0 Å². The van der Waals surface area contributed by atoms with Gasteiger partial charge >= 0.3 is 0 Å². The Kier molecular flexibility index (Phi) is 5.82. The van der Waals surface area contributed by atoms with Gasteiger partial charge in [-0.2, -0.15) is 0 Å². The van der Waals surface area contributed by atoms with Crippen LogP contribution in [0, 0.1) is 5.82 Å². The first-order valence-corrected chi connectivity index (χ1v) is 7.28. The summed E-state index contributed by atoms with van der Waals surface area (Å²) in [4.78, 5) is 19.9. The van der Waals surface area contributed by atoms with E-state index in [4.69, 9.17) is 0 Å². The van der Waals surface area contributed by atoms with Gasteiger partial charge in [-0.1, -0.05) is 31.5 Å². The quantitative estimate of drug-likeness (QED) is 0.772. The minimum atomic E-state index is -0.276. The van der Waals surface area contributed by atoms with Crippen LogP contribution in [0.25, 0.3) is 0 Å². The fourth-order valence-corrected chi connectivity index (χ4v) is 1.87. The molecule has 0 fully saturated rings. The van der Waals surface area contributed by atoms with Crippen LogP contribution in [0.2, 0.25) is 0 Å². The van der Waals surface area contributed by atoms with Crippen molar-refractivity contribution in [3.8, 4) is 0 Å². The number of nitrogens with one attached hydrogen (secondary N) is 2. The molecule has 0 saturated carbocycles. The Balaban J connectivity index is 1.96. The molecule has 2 aromatic rings. The van der Waals surface area contributed by atoms with Crippen LogP contribution in [0.1, 0.15) is 35.8 Å². The zero-order valence-corrected chi connectivity index (χ0v) is 12.5. The summed E-state index contributed by atoms with van der Waals surface area (Å²) in [6, 6.07) is 8.07. The Morgan fingerprint density at radius 3 is 2.86 bits per heavy atom. The van der Waals surface area contributed by atoms with Crippen LogP contribution < -0.4 is 10.6 Å². The van der Waals surface area contributed by atoms with Gasteiger partial charge in [0.05, 0.1) is 0 Å². The van der Waals surface area contributed by atoms with Gasteiger partial charge in [0.2, 0.25) is 0 Å². The van der Waals surface area contributed by atoms with E-state index in [1.807, 2.05) is 0 Å². The van der Waals surface area contributed by atoms with E-state index in [1.54, 1.807) is 24.3 Å². The summed E-state index contributed by atoms with van der Waals surface area (Å²) >= 11 is 0. The van der Waals surface area contributed by atoms with Crippen molar-refractivity contribution < 1.29 is 9.18 Å². The van der Waals surface area contributed by atoms with E-state index in [0.717, 1.165) is 12.8 Å². The van der Waals surface area contributed by atoms with E-state index in [-0.39, 0.29) is 11.7 Å². The Bertz CT molecular complexity index is 633. The molecule has 22 heavy (non-hydrogen) atoms. The lowest BCUT2D eigenvalue weighted by atomic mass is 10.2. The second kappa shape index (κ2) is 8.07. The number of halogens is 1. The molecular formula is C16H19FN4O. The van der Waals surface area contributed by atoms with E-state index in [1.165, 1.54) is 12.4 Å². The summed E-state index contributed by atoms with van der Waals surface area (Å²) in [5, 5.41) is 5.79. The van der Waals surface area contributed by atoms with Gasteiger partial charge in [-0.05, 0) is 12.5 Å². The number of rotatable bonds is 7. The highest BCUT2D eigenvalue weighted by Crippen LogP contribution is 2.10. The molecule has 1 aromatic carbocycles. The number of carbonyl (C=O) groups is 1. The van der Waals surface area contributed by atoms with E-state index < -0.39 is 0 Å². The number of unbranched alkanes of at least 4 members (excludes halogenated alkanes) is 1. The van der Waals surface area contributed by atoms with Crippen molar-refractivity contribution in [3.63, 3.8) is 0 Å². The number of aromatic nitrogens is 2. The van der Waals surface area contributed by atoms with Gasteiger partial charge in [0.1, 0.15) is 23.7 Å². The molecule has 116 valence electrons. The van der Waals surface area contributed by atoms with Crippen molar-refractivity contribution in [1.29, 1.82) is 0 Å². The lowest BCUT2D eigenvalue weighted by Gasteiger charge is -2.08. The number of amides is 1. The molecule has 2 N–H and O–H groups in total. The molecule has 1 amide bonds. The second-order valence-corrected chi connectivity index (χ2v) is 4.84. The van der Waals surface area contributed by atoms with Crippen LogP contribution in [0.15, 0.2) is 36.7 Å². The number of benzene rings is 1. The van der Waals surface area contributed by atoms with Crippen LogP contribution >= 0.6 is 0 Å². The molecular weight excluding hydrogens is 283 g/mol. The largest absolute Gasteiger partial charge is 0.366 e. The van der Waals surface area contributed by atoms with Crippen molar-refractivity contribution in [3.05, 3.63) is 53.7 Å². The van der Waals surface area contributed by atoms with Crippen LogP contribution in [0.3, 0.4) is 0 Å². The predicted octanol–water partition coefficient (Wildman–Crippen LogP) is 2.76. The van der Waals surface area contributed by atoms with Crippen molar-refractivity contribution in [2.45, 2.75) is 26.3 Å². The van der Waals surface area contributed by atoms with Gasteiger partial charge in [0, 0.05) is 24.7 Å². The molecule has 0 bridgehead atoms. The SMILES string of the molecule is CCCCNC(=O)c1cc(NCc2ccccc2F)ncn1. The minimum absolute atomic E-state index is 0.232. The molecule has 2 rings (SSSR count). The minimum Gasteiger partial charge on any atom is -0.366 e. The lowest BCUT2D eigenvalue weighted by Crippen LogP contribution is -2.25. The first-order valence-electron chi connectivity index (χ1n) is 7.28. The van der Waals surface area contributed by atoms with E-state index in [2.05, 4.69) is 27.5 Å². The highest BCUT2D eigenvalue weighted by Gasteiger charge is 2.08. The highest BCUT2D eigenvalue weighted by atomic mass is 19.1. The standard InChI is InChI=1S/C16H19FN4O/c1-2-3-8-18-16(22)14-9-15(21-11-20-14)19-10-12-6-4-5-7-13(12)17/h4-7,9,11H,2-3,8,10H2,1H3,(H,18,22)(H,19,20,21). The Morgan fingerprint density at radius 1 is 1.27 bits per heavy atom. The third-order valence-electron chi connectivity index (χ3n) is 3.13. The van der Waals surface area contributed by atoms with Gasteiger partial charge in [-0.3, -0.25) is 4.79 Å². The van der Waals surface area contributed by atoms with Gasteiger partial charge in [-0.25, -0.2) is 14.4 Å². The number of anilines is 1. The molecule has 1 heterocycles. The van der Waals surface area contributed by atoms with Crippen LogP contribution in [0.5, 0.6) is 0 Å². The molecule has 0 unspecified atom stereocenters. The maximum Gasteiger partial charge on any atom is 0.270 e. The van der Waals surface area contributed by atoms with E-state index in [0.29, 0.717) is 30.2 Å². The molecule has 6 heteroatoms. The Morgan fingerprint density at radius 2 is 2.09 bits per heavy atom. The number of hydrogen-bond donors (Lipinski definition) is 2. The molecule has 0 saturated heterocycles. The third-order valence-corrected chi connectivity index (χ3v) is 3.13. The zero-order chi connectivity index (χ0) is 15.8. The zero-order valence-electron chi connectivity index (χ0n) is 12.5. The summed E-state index contributed by atoms with van der Waals surface area (Å²) in [5.74, 6) is -0.0229. The number of nitrogens with zero attached hydrogens (tertiary/aromatic N) is 2. The van der Waals surface area contributed by atoms with Crippen LogP contribution in [-0.4, -0.2) is 22.4 Å². The van der Waals surface area contributed by atoms with Gasteiger partial charge in [-0.15, -0.1) is 0 Å². The van der Waals surface area contributed by atoms with Gasteiger partial charge < -0.3 is 10.6 Å². The fraction of sp³-hybridized carbons (Fsp3) is 0.312. The molecule has 0 aliphatic heterocycles. The topological polar surface area (TPSA) is 66.9 Å². The smallest absolute Gasteiger partial charge is 0.270 e. The molecule has 0 atom stereocenters. The fourth-order valence-electron chi connectivity index (χ4n) is 1.87. The van der Waals surface area contributed by atoms with Crippen LogP contribution in [0.4, 0.5) is 10.2 Å². The second-order valence-electron chi connectivity index (χ2n) is 4.84. The summed E-state index contributed by atoms with van der Waals surface area (Å²) < 4.78 is 13.5. The van der Waals surface area contributed by atoms with Crippen molar-refractivity contribution in [1.82, 2.24) is 15.3 Å². The molecule has 1 aromatic heterocycles. The Hall–Kier alpha value is -2.50. The lowest BCUT2D eigenvalue weighted by molar-refractivity contribution is 0.0948. The molecule has 0 radical (unpaired) electrons. The average molecular weight is 302 g/mol. The maximum atomic E-state index is 13.5. The monoisotopic (exact) mass is 302 g/mol. The van der Waals surface area contributed by atoms with E-state index >= 15 is 0 Å². The van der Waals surface area contributed by atoms with Crippen LogP contribution in [-0.2, 0) is 6.54 Å². The third kappa shape index (κ3) is 4.51.